The van der Waals surface area contributed by atoms with Crippen LogP contribution in [-0.4, -0.2) is 20.7 Å². The van der Waals surface area contributed by atoms with Crippen LogP contribution in [0.25, 0.3) is 5.69 Å². The Hall–Kier alpha value is -3.36. The molecule has 0 spiro atoms. The number of benzene rings is 1. The van der Waals surface area contributed by atoms with Gasteiger partial charge >= 0.3 is 6.18 Å². The summed E-state index contributed by atoms with van der Waals surface area (Å²) in [5.74, 6) is -0.891. The van der Waals surface area contributed by atoms with Gasteiger partial charge in [0.2, 0.25) is 5.56 Å². The molecule has 2 N–H and O–H groups in total. The number of amides is 1. The van der Waals surface area contributed by atoms with Gasteiger partial charge in [0.25, 0.3) is 5.91 Å². The molecule has 146 valence electrons. The van der Waals surface area contributed by atoms with Crippen molar-refractivity contribution in [3.63, 3.8) is 0 Å². The maximum atomic E-state index is 13.6. The Labute approximate surface area is 158 Å². The topological polar surface area (TPSA) is 79.8 Å². The second-order valence-corrected chi connectivity index (χ2v) is 6.45. The molecule has 9 heteroatoms. The van der Waals surface area contributed by atoms with Crippen molar-refractivity contribution in [1.82, 2.24) is 14.8 Å². The summed E-state index contributed by atoms with van der Waals surface area (Å²) >= 11 is 0. The number of anilines is 1. The Bertz CT molecular complexity index is 1050. The van der Waals surface area contributed by atoms with E-state index in [2.05, 4.69) is 15.4 Å². The lowest BCUT2D eigenvalue weighted by molar-refractivity contribution is -0.142. The van der Waals surface area contributed by atoms with Crippen molar-refractivity contribution in [2.24, 2.45) is 0 Å². The molecule has 0 saturated carbocycles. The summed E-state index contributed by atoms with van der Waals surface area (Å²) in [6.45, 7) is 3.64. The summed E-state index contributed by atoms with van der Waals surface area (Å²) in [5, 5.41) is 6.00. The quantitative estimate of drug-likeness (QED) is 0.708. The zero-order valence-corrected chi connectivity index (χ0v) is 15.0. The van der Waals surface area contributed by atoms with Gasteiger partial charge in [-0.05, 0) is 24.1 Å². The van der Waals surface area contributed by atoms with Crippen LogP contribution >= 0.6 is 0 Å². The number of pyridine rings is 1. The molecule has 0 saturated heterocycles. The van der Waals surface area contributed by atoms with Crippen LogP contribution in [0.2, 0.25) is 0 Å². The molecule has 2 aromatic heterocycles. The number of nitrogens with zero attached hydrogens (tertiary/aromatic N) is 2. The molecule has 1 aromatic carbocycles. The second-order valence-electron chi connectivity index (χ2n) is 6.45. The van der Waals surface area contributed by atoms with Gasteiger partial charge < -0.3 is 10.3 Å². The molecule has 28 heavy (non-hydrogen) atoms. The van der Waals surface area contributed by atoms with Gasteiger partial charge in [0.15, 0.2) is 5.69 Å². The van der Waals surface area contributed by atoms with Gasteiger partial charge in [0, 0.05) is 17.3 Å². The van der Waals surface area contributed by atoms with Crippen molar-refractivity contribution < 1.29 is 18.0 Å². The zero-order valence-electron chi connectivity index (χ0n) is 15.0. The van der Waals surface area contributed by atoms with E-state index < -0.39 is 29.0 Å². The number of H-pyrrole nitrogens is 1. The molecule has 0 aliphatic rings. The van der Waals surface area contributed by atoms with Gasteiger partial charge in [0.05, 0.1) is 17.6 Å². The highest BCUT2D eigenvalue weighted by Crippen LogP contribution is 2.36. The van der Waals surface area contributed by atoms with E-state index in [1.165, 1.54) is 18.2 Å². The van der Waals surface area contributed by atoms with Crippen LogP contribution in [0.15, 0.2) is 53.5 Å². The van der Waals surface area contributed by atoms with Crippen LogP contribution < -0.4 is 10.9 Å². The molecule has 6 nitrogen and oxygen atoms in total. The molecule has 0 atom stereocenters. The van der Waals surface area contributed by atoms with Gasteiger partial charge in [-0.1, -0.05) is 32.0 Å². The predicted molar refractivity (Wildman–Crippen MR) is 97.7 cm³/mol. The highest BCUT2D eigenvalue weighted by Gasteiger charge is 2.39. The first-order chi connectivity index (χ1) is 13.2. The standard InChI is InChI=1S/C19H17F3N4O2/c1-11(2)14-8-12(9-16(27)24-14)18(28)25-15-10-23-26(17(15)19(20,21)22)13-6-4-3-5-7-13/h3-11H,1-2H3,(H,24,27)(H,25,28). The van der Waals surface area contributed by atoms with Crippen molar-refractivity contribution in [2.45, 2.75) is 25.9 Å². The SMILES string of the molecule is CC(C)c1cc(C(=O)Nc2cnn(-c3ccccc3)c2C(F)(F)F)cc(=O)[nH]1. The number of alkyl halides is 3. The first kappa shape index (κ1) is 19.4. The summed E-state index contributed by atoms with van der Waals surface area (Å²) in [4.78, 5) is 26.8. The molecular weight excluding hydrogens is 373 g/mol. The fourth-order valence-corrected chi connectivity index (χ4v) is 2.68. The van der Waals surface area contributed by atoms with Crippen LogP contribution in [0.3, 0.4) is 0 Å². The first-order valence-corrected chi connectivity index (χ1v) is 8.43. The molecule has 0 aliphatic heterocycles. The summed E-state index contributed by atoms with van der Waals surface area (Å²) < 4.78 is 41.7. The van der Waals surface area contributed by atoms with Crippen LogP contribution in [0.1, 0.15) is 41.5 Å². The molecule has 1 amide bonds. The fraction of sp³-hybridized carbons (Fsp3) is 0.211. The summed E-state index contributed by atoms with van der Waals surface area (Å²) in [6, 6.07) is 10.3. The molecule has 2 heterocycles. The Morgan fingerprint density at radius 1 is 1.18 bits per heavy atom. The zero-order chi connectivity index (χ0) is 20.5. The average molecular weight is 390 g/mol. The monoisotopic (exact) mass is 390 g/mol. The van der Waals surface area contributed by atoms with Crippen molar-refractivity contribution in [3.05, 3.63) is 76.0 Å². The molecule has 0 unspecified atom stereocenters. The van der Waals surface area contributed by atoms with Crippen molar-refractivity contribution in [3.8, 4) is 5.69 Å². The van der Waals surface area contributed by atoms with Crippen LogP contribution in [0.4, 0.5) is 18.9 Å². The van der Waals surface area contributed by atoms with Gasteiger partial charge in [-0.25, -0.2) is 4.68 Å². The van der Waals surface area contributed by atoms with Gasteiger partial charge in [-0.15, -0.1) is 0 Å². The normalized spacial score (nSPS) is 11.6. The number of carbonyl (C=O) groups excluding carboxylic acids is 1. The summed E-state index contributed by atoms with van der Waals surface area (Å²) in [5.41, 5.74) is -1.43. The van der Waals surface area contributed by atoms with Gasteiger partial charge in [-0.2, -0.15) is 18.3 Å². The number of aromatic amines is 1. The lowest BCUT2D eigenvalue weighted by Crippen LogP contribution is -2.21. The van der Waals surface area contributed by atoms with Gasteiger partial charge in [0.1, 0.15) is 0 Å². The molecule has 0 aliphatic carbocycles. The second kappa shape index (κ2) is 7.34. The van der Waals surface area contributed by atoms with E-state index in [1.807, 2.05) is 13.8 Å². The summed E-state index contributed by atoms with van der Waals surface area (Å²) in [7, 11) is 0. The minimum Gasteiger partial charge on any atom is -0.326 e. The molecule has 3 rings (SSSR count). The molecule has 0 fully saturated rings. The number of carbonyl (C=O) groups is 1. The first-order valence-electron chi connectivity index (χ1n) is 8.43. The van der Waals surface area contributed by atoms with Crippen LogP contribution in [0.5, 0.6) is 0 Å². The minimum atomic E-state index is -4.76. The Kier molecular flexibility index (Phi) is 5.08. The largest absolute Gasteiger partial charge is 0.435 e. The lowest BCUT2D eigenvalue weighted by Gasteiger charge is -2.13. The molecule has 3 aromatic rings. The number of para-hydroxylation sites is 1. The van der Waals surface area contributed by atoms with E-state index in [0.717, 1.165) is 12.3 Å². The number of aromatic nitrogens is 3. The Balaban J connectivity index is 2.00. The number of hydrogen-bond acceptors (Lipinski definition) is 3. The predicted octanol–water partition coefficient (Wildman–Crippen LogP) is 3.96. The highest BCUT2D eigenvalue weighted by molar-refractivity contribution is 6.04. The third-order valence-corrected chi connectivity index (χ3v) is 4.04. The lowest BCUT2D eigenvalue weighted by atomic mass is 10.1. The van der Waals surface area contributed by atoms with Crippen molar-refractivity contribution in [1.29, 1.82) is 0 Å². The maximum Gasteiger partial charge on any atom is 0.435 e. The molecule has 0 bridgehead atoms. The van der Waals surface area contributed by atoms with E-state index in [1.54, 1.807) is 18.2 Å². The Morgan fingerprint density at radius 3 is 2.46 bits per heavy atom. The van der Waals surface area contributed by atoms with Crippen LogP contribution in [-0.2, 0) is 6.18 Å². The maximum absolute atomic E-state index is 13.6. The van der Waals surface area contributed by atoms with E-state index in [-0.39, 0.29) is 17.2 Å². The van der Waals surface area contributed by atoms with Crippen LogP contribution in [0, 0.1) is 0 Å². The highest BCUT2D eigenvalue weighted by atomic mass is 19.4. The van der Waals surface area contributed by atoms with Crippen molar-refractivity contribution in [2.75, 3.05) is 5.32 Å². The number of rotatable bonds is 4. The van der Waals surface area contributed by atoms with Gasteiger partial charge in [-0.3, -0.25) is 9.59 Å². The third-order valence-electron chi connectivity index (χ3n) is 4.04. The van der Waals surface area contributed by atoms with E-state index in [9.17, 15) is 22.8 Å². The smallest absolute Gasteiger partial charge is 0.326 e. The summed E-state index contributed by atoms with van der Waals surface area (Å²) in [6.07, 6.45) is -3.82. The van der Waals surface area contributed by atoms with Crippen molar-refractivity contribution >= 4 is 11.6 Å². The van der Waals surface area contributed by atoms with E-state index >= 15 is 0 Å². The molecular formula is C19H17F3N4O2. The fourth-order valence-electron chi connectivity index (χ4n) is 2.68. The van der Waals surface area contributed by atoms with E-state index in [4.69, 9.17) is 0 Å². The average Bonchev–Trinajstić information content (AvgIpc) is 3.06. The number of hydrogen-bond donors (Lipinski definition) is 2. The number of nitrogens with one attached hydrogen (secondary N) is 2. The van der Waals surface area contributed by atoms with E-state index in [0.29, 0.717) is 10.4 Å². The Morgan fingerprint density at radius 2 is 1.86 bits per heavy atom. The minimum absolute atomic E-state index is 0.0342. The molecule has 0 radical (unpaired) electrons. The third kappa shape index (κ3) is 3.98. The number of halogens is 3.